The Labute approximate surface area is 182 Å². The number of aromatic nitrogens is 2. The van der Waals surface area contributed by atoms with Crippen LogP contribution in [-0.4, -0.2) is 41.3 Å². The predicted octanol–water partition coefficient (Wildman–Crippen LogP) is 2.12. The van der Waals surface area contributed by atoms with E-state index in [-0.39, 0.29) is 37.3 Å². The number of fused-ring (bicyclic) bond motifs is 1. The molecule has 32 heavy (non-hydrogen) atoms. The number of nitrogens with one attached hydrogen (secondary N) is 1. The lowest BCUT2D eigenvalue weighted by Gasteiger charge is -2.20. The highest BCUT2D eigenvalue weighted by atomic mass is 16.6. The van der Waals surface area contributed by atoms with Crippen LogP contribution in [0.1, 0.15) is 29.4 Å². The van der Waals surface area contributed by atoms with Gasteiger partial charge in [0, 0.05) is 13.0 Å². The number of anilines is 1. The van der Waals surface area contributed by atoms with Gasteiger partial charge in [0.2, 0.25) is 17.0 Å². The number of carbonyl (C=O) groups is 3. The van der Waals surface area contributed by atoms with E-state index in [9.17, 15) is 19.2 Å². The molecule has 0 aliphatic rings. The molecule has 1 heterocycles. The number of ether oxygens (including phenoxy) is 2. The van der Waals surface area contributed by atoms with Crippen LogP contribution in [-0.2, 0) is 20.9 Å². The number of carbonyl (C=O) groups excluding carboxylic acids is 3. The van der Waals surface area contributed by atoms with Crippen LogP contribution < -0.4 is 16.1 Å². The summed E-state index contributed by atoms with van der Waals surface area (Å²) >= 11 is 0. The van der Waals surface area contributed by atoms with Gasteiger partial charge in [-0.1, -0.05) is 30.3 Å². The number of hydrogen-bond acceptors (Lipinski definition) is 8. The molecule has 0 radical (unpaired) electrons. The number of nitrogens with zero attached hydrogens (tertiary/aromatic N) is 2. The molecule has 2 amide bonds. The van der Waals surface area contributed by atoms with E-state index in [1.54, 1.807) is 31.2 Å². The number of H-pyrrole nitrogens is 1. The average Bonchev–Trinajstić information content (AvgIpc) is 2.79. The second-order valence-electron chi connectivity index (χ2n) is 6.66. The Kier molecular flexibility index (Phi) is 7.29. The van der Waals surface area contributed by atoms with Crippen LogP contribution in [0.5, 0.6) is 0 Å². The molecule has 3 aromatic rings. The van der Waals surface area contributed by atoms with Crippen molar-refractivity contribution in [3.8, 4) is 0 Å². The van der Waals surface area contributed by atoms with E-state index in [2.05, 4.69) is 10.2 Å². The van der Waals surface area contributed by atoms with E-state index in [0.29, 0.717) is 5.52 Å². The van der Waals surface area contributed by atoms with Gasteiger partial charge in [-0.25, -0.2) is 14.5 Å². The van der Waals surface area contributed by atoms with Gasteiger partial charge in [0.25, 0.3) is 0 Å². The summed E-state index contributed by atoms with van der Waals surface area (Å²) in [6.07, 6.45) is -1.03. The fourth-order valence-corrected chi connectivity index (χ4v) is 2.96. The largest absolute Gasteiger partial charge is 0.461 e. The molecule has 0 aliphatic carbocycles. The average molecular weight is 438 g/mol. The number of benzene rings is 2. The fraction of sp³-hybridized carbons (Fsp3) is 0.227. The number of nitrogens with two attached hydrogens (primary N) is 1. The quantitative estimate of drug-likeness (QED) is 0.534. The van der Waals surface area contributed by atoms with Gasteiger partial charge in [-0.15, -0.1) is 0 Å². The molecule has 166 valence electrons. The van der Waals surface area contributed by atoms with E-state index >= 15 is 0 Å². The second kappa shape index (κ2) is 10.3. The lowest BCUT2D eigenvalue weighted by molar-refractivity contribution is -0.118. The summed E-state index contributed by atoms with van der Waals surface area (Å²) < 4.78 is 10.1. The minimum absolute atomic E-state index is 0.0202. The zero-order chi connectivity index (χ0) is 23.1. The molecule has 0 unspecified atom stereocenters. The van der Waals surface area contributed by atoms with Crippen LogP contribution in [0.4, 0.5) is 10.5 Å². The molecule has 0 saturated heterocycles. The van der Waals surface area contributed by atoms with Crippen molar-refractivity contribution in [2.75, 3.05) is 18.1 Å². The highest BCUT2D eigenvalue weighted by Gasteiger charge is 2.26. The van der Waals surface area contributed by atoms with Crippen molar-refractivity contribution in [2.45, 2.75) is 20.0 Å². The minimum atomic E-state index is -0.914. The molecule has 10 heteroatoms. The first-order valence-corrected chi connectivity index (χ1v) is 9.89. The number of hydrogen-bond donors (Lipinski definition) is 2. The smallest absolute Gasteiger partial charge is 0.421 e. The van der Waals surface area contributed by atoms with Crippen molar-refractivity contribution < 1.29 is 23.9 Å². The molecular weight excluding hydrogens is 416 g/mol. The molecule has 3 N–H and O–H groups in total. The molecule has 10 nitrogen and oxygen atoms in total. The summed E-state index contributed by atoms with van der Waals surface area (Å²) in [5, 5.41) is 6.42. The Morgan fingerprint density at radius 1 is 1.09 bits per heavy atom. The standard InChI is InChI=1S/C22H22N4O6/c1-2-31-21(29)19-20(28)16-12-15(8-9-17(16)24-25-19)26(18(27)10-11-23)22(30)32-13-14-6-4-3-5-7-14/h3-9,12H,2,10-11,13,23H2,1H3,(H,24,28). The SMILES string of the molecule is CCOC(=O)c1n[nH]c2ccc(N(C(=O)CCN)C(=O)OCc3ccccc3)cc2c1=O. The lowest BCUT2D eigenvalue weighted by atomic mass is 10.1. The van der Waals surface area contributed by atoms with Gasteiger partial charge in [-0.05, 0) is 30.7 Å². The number of amides is 2. The first-order valence-electron chi connectivity index (χ1n) is 9.89. The van der Waals surface area contributed by atoms with Gasteiger partial charge in [0.05, 0.1) is 23.2 Å². The summed E-state index contributed by atoms with van der Waals surface area (Å²) in [4.78, 5) is 51.0. The lowest BCUT2D eigenvalue weighted by Crippen LogP contribution is -2.38. The van der Waals surface area contributed by atoms with Crippen molar-refractivity contribution in [3.63, 3.8) is 0 Å². The van der Waals surface area contributed by atoms with E-state index in [0.717, 1.165) is 10.5 Å². The van der Waals surface area contributed by atoms with Gasteiger partial charge in [-0.2, -0.15) is 5.10 Å². The fourth-order valence-electron chi connectivity index (χ4n) is 2.96. The Hall–Kier alpha value is -4.05. The molecular formula is C22H22N4O6. The Morgan fingerprint density at radius 2 is 1.84 bits per heavy atom. The molecule has 0 spiro atoms. The van der Waals surface area contributed by atoms with Gasteiger partial charge in [-0.3, -0.25) is 14.7 Å². The molecule has 0 aliphatic heterocycles. The van der Waals surface area contributed by atoms with Gasteiger partial charge in [0.1, 0.15) is 6.61 Å². The monoisotopic (exact) mass is 438 g/mol. The third-order valence-corrected chi connectivity index (χ3v) is 4.47. The molecule has 3 rings (SSSR count). The van der Waals surface area contributed by atoms with Crippen LogP contribution >= 0.6 is 0 Å². The van der Waals surface area contributed by atoms with Crippen molar-refractivity contribution in [3.05, 3.63) is 70.0 Å². The van der Waals surface area contributed by atoms with Gasteiger partial charge in [0.15, 0.2) is 0 Å². The summed E-state index contributed by atoms with van der Waals surface area (Å²) in [5.41, 5.74) is 5.53. The minimum Gasteiger partial charge on any atom is -0.461 e. The third-order valence-electron chi connectivity index (χ3n) is 4.47. The Balaban J connectivity index is 1.97. The Bertz CT molecular complexity index is 1190. The highest BCUT2D eigenvalue weighted by Crippen LogP contribution is 2.21. The second-order valence-corrected chi connectivity index (χ2v) is 6.66. The van der Waals surface area contributed by atoms with E-state index in [1.165, 1.54) is 18.2 Å². The van der Waals surface area contributed by atoms with Crippen LogP contribution in [0.15, 0.2) is 53.3 Å². The molecule has 0 saturated carbocycles. The normalized spacial score (nSPS) is 10.6. The summed E-state index contributed by atoms with van der Waals surface area (Å²) in [6, 6.07) is 13.2. The van der Waals surface area contributed by atoms with Crippen molar-refractivity contribution in [1.82, 2.24) is 10.2 Å². The van der Waals surface area contributed by atoms with Crippen molar-refractivity contribution in [1.29, 1.82) is 0 Å². The van der Waals surface area contributed by atoms with E-state index in [4.69, 9.17) is 15.2 Å². The topological polar surface area (TPSA) is 145 Å². The number of rotatable bonds is 7. The third kappa shape index (κ3) is 4.98. The van der Waals surface area contributed by atoms with Crippen LogP contribution in [0.25, 0.3) is 10.9 Å². The molecule has 0 atom stereocenters. The zero-order valence-corrected chi connectivity index (χ0v) is 17.4. The number of esters is 1. The molecule has 1 aromatic heterocycles. The Morgan fingerprint density at radius 3 is 2.53 bits per heavy atom. The van der Waals surface area contributed by atoms with Crippen LogP contribution in [0.2, 0.25) is 0 Å². The molecule has 2 aromatic carbocycles. The number of imide groups is 1. The van der Waals surface area contributed by atoms with Crippen LogP contribution in [0.3, 0.4) is 0 Å². The summed E-state index contributed by atoms with van der Waals surface area (Å²) in [6.45, 7) is 1.66. The van der Waals surface area contributed by atoms with E-state index < -0.39 is 29.1 Å². The molecule has 0 bridgehead atoms. The van der Waals surface area contributed by atoms with Crippen LogP contribution in [0, 0.1) is 0 Å². The van der Waals surface area contributed by atoms with Gasteiger partial charge < -0.3 is 15.2 Å². The maximum absolute atomic E-state index is 12.8. The van der Waals surface area contributed by atoms with E-state index in [1.807, 2.05) is 6.07 Å². The summed E-state index contributed by atoms with van der Waals surface area (Å²) in [7, 11) is 0. The zero-order valence-electron chi connectivity index (χ0n) is 17.4. The summed E-state index contributed by atoms with van der Waals surface area (Å²) in [5.74, 6) is -1.47. The van der Waals surface area contributed by atoms with Gasteiger partial charge >= 0.3 is 12.1 Å². The van der Waals surface area contributed by atoms with Crippen molar-refractivity contribution >= 4 is 34.6 Å². The van der Waals surface area contributed by atoms with Crippen molar-refractivity contribution in [2.24, 2.45) is 5.73 Å². The number of aromatic amines is 1. The molecule has 0 fully saturated rings. The maximum atomic E-state index is 12.8. The predicted molar refractivity (Wildman–Crippen MR) is 116 cm³/mol. The first-order chi connectivity index (χ1) is 15.5. The first kappa shape index (κ1) is 22.6. The highest BCUT2D eigenvalue weighted by molar-refractivity contribution is 6.13. The maximum Gasteiger partial charge on any atom is 0.421 e.